The number of carbonyl (C=O) groups excluding carboxylic acids is 1. The number of carboxylic acid groups (broad SMARTS) is 1. The van der Waals surface area contributed by atoms with Crippen molar-refractivity contribution in [3.05, 3.63) is 0 Å². The van der Waals surface area contributed by atoms with E-state index in [0.717, 1.165) is 0 Å². The molecular formula is C14H26N2O4. The summed E-state index contributed by atoms with van der Waals surface area (Å²) in [5, 5.41) is 12.2. The number of carbonyl (C=O) groups is 2. The molecule has 1 saturated heterocycles. The highest BCUT2D eigenvalue weighted by molar-refractivity contribution is 5.80. The minimum atomic E-state index is -1.07. The van der Waals surface area contributed by atoms with E-state index in [1.807, 2.05) is 13.8 Å². The fourth-order valence-electron chi connectivity index (χ4n) is 1.95. The Balaban J connectivity index is 2.81. The zero-order valence-corrected chi connectivity index (χ0v) is 13.2. The Morgan fingerprint density at radius 2 is 1.80 bits per heavy atom. The molecule has 0 aromatic carbocycles. The van der Waals surface area contributed by atoms with Crippen molar-refractivity contribution in [2.75, 3.05) is 13.2 Å². The molecule has 2 unspecified atom stereocenters. The van der Waals surface area contributed by atoms with Crippen molar-refractivity contribution in [2.45, 2.75) is 59.2 Å². The lowest BCUT2D eigenvalue weighted by Crippen LogP contribution is -2.62. The molecule has 2 atom stereocenters. The molecule has 6 heteroatoms. The van der Waals surface area contributed by atoms with Crippen molar-refractivity contribution < 1.29 is 19.4 Å². The number of amides is 2. The average molecular weight is 286 g/mol. The van der Waals surface area contributed by atoms with Gasteiger partial charge in [-0.15, -0.1) is 0 Å². The van der Waals surface area contributed by atoms with E-state index in [1.165, 1.54) is 0 Å². The fraction of sp³-hybridized carbons (Fsp3) is 0.857. The van der Waals surface area contributed by atoms with Crippen LogP contribution in [0, 0.1) is 5.41 Å². The van der Waals surface area contributed by atoms with E-state index < -0.39 is 16.9 Å². The first kappa shape index (κ1) is 16.8. The van der Waals surface area contributed by atoms with Crippen LogP contribution in [0.3, 0.4) is 0 Å². The van der Waals surface area contributed by atoms with Crippen LogP contribution in [0.5, 0.6) is 0 Å². The zero-order chi connectivity index (χ0) is 15.7. The van der Waals surface area contributed by atoms with Crippen LogP contribution in [0.2, 0.25) is 0 Å². The number of aliphatic carboxylic acids is 1. The average Bonchev–Trinajstić information content (AvgIpc) is 2.31. The van der Waals surface area contributed by atoms with Crippen molar-refractivity contribution in [1.82, 2.24) is 10.2 Å². The number of carboxylic acids is 1. The summed E-state index contributed by atoms with van der Waals surface area (Å²) in [7, 11) is 0. The number of hydrogen-bond donors (Lipinski definition) is 2. The summed E-state index contributed by atoms with van der Waals surface area (Å²) in [5.41, 5.74) is -1.93. The third kappa shape index (κ3) is 3.23. The normalized spacial score (nSPS) is 24.4. The Hall–Kier alpha value is -1.30. The van der Waals surface area contributed by atoms with E-state index in [0.29, 0.717) is 13.2 Å². The molecule has 6 nitrogen and oxygen atoms in total. The van der Waals surface area contributed by atoms with E-state index in [4.69, 9.17) is 4.74 Å². The van der Waals surface area contributed by atoms with E-state index in [2.05, 4.69) is 5.32 Å². The van der Waals surface area contributed by atoms with Gasteiger partial charge in [-0.3, -0.25) is 4.79 Å². The summed E-state index contributed by atoms with van der Waals surface area (Å²) < 4.78 is 5.49. The third-order valence-corrected chi connectivity index (χ3v) is 4.39. The molecule has 1 heterocycles. The highest BCUT2D eigenvalue weighted by Gasteiger charge is 2.45. The van der Waals surface area contributed by atoms with Crippen LogP contribution in [-0.2, 0) is 9.53 Å². The van der Waals surface area contributed by atoms with Crippen LogP contribution in [0.25, 0.3) is 0 Å². The fourth-order valence-corrected chi connectivity index (χ4v) is 1.95. The summed E-state index contributed by atoms with van der Waals surface area (Å²) >= 11 is 0. The van der Waals surface area contributed by atoms with Crippen LogP contribution in [-0.4, -0.2) is 52.8 Å². The zero-order valence-electron chi connectivity index (χ0n) is 13.2. The van der Waals surface area contributed by atoms with Crippen LogP contribution in [0.15, 0.2) is 0 Å². The van der Waals surface area contributed by atoms with Gasteiger partial charge in [0, 0.05) is 6.54 Å². The largest absolute Gasteiger partial charge is 0.481 e. The lowest BCUT2D eigenvalue weighted by atomic mass is 9.74. The summed E-state index contributed by atoms with van der Waals surface area (Å²) in [6.07, 6.45) is -0.00690. The lowest BCUT2D eigenvalue weighted by molar-refractivity contribution is -0.150. The smallest absolute Gasteiger partial charge is 0.318 e. The van der Waals surface area contributed by atoms with Gasteiger partial charge in [0.2, 0.25) is 0 Å². The van der Waals surface area contributed by atoms with E-state index >= 15 is 0 Å². The molecule has 1 aliphatic heterocycles. The van der Waals surface area contributed by atoms with Crippen LogP contribution in [0.4, 0.5) is 4.79 Å². The highest BCUT2D eigenvalue weighted by atomic mass is 16.5. The van der Waals surface area contributed by atoms with Crippen molar-refractivity contribution in [2.24, 2.45) is 5.41 Å². The van der Waals surface area contributed by atoms with Gasteiger partial charge in [-0.2, -0.15) is 0 Å². The van der Waals surface area contributed by atoms with Crippen molar-refractivity contribution >= 4 is 12.0 Å². The second-order valence-corrected chi connectivity index (χ2v) is 6.63. The molecule has 0 radical (unpaired) electrons. The first-order valence-corrected chi connectivity index (χ1v) is 6.93. The molecule has 2 N–H and O–H groups in total. The molecule has 0 aromatic rings. The molecule has 20 heavy (non-hydrogen) atoms. The highest BCUT2D eigenvalue weighted by Crippen LogP contribution is 2.31. The number of morpholine rings is 1. The molecular weight excluding hydrogens is 260 g/mol. The van der Waals surface area contributed by atoms with Gasteiger partial charge >= 0.3 is 12.0 Å². The molecule has 1 aliphatic rings. The standard InChI is InChI=1S/C14H26N2O4/c1-9-8-20-10(2)7-16(9)12(19)15-14(5,6)13(3,4)11(17)18/h9-10H,7-8H2,1-6H3,(H,15,19)(H,17,18). The van der Waals surface area contributed by atoms with Gasteiger partial charge in [0.25, 0.3) is 0 Å². The Kier molecular flexibility index (Phi) is 4.69. The predicted molar refractivity (Wildman–Crippen MR) is 75.6 cm³/mol. The molecule has 1 fully saturated rings. The van der Waals surface area contributed by atoms with E-state index in [1.54, 1.807) is 32.6 Å². The number of hydrogen-bond acceptors (Lipinski definition) is 3. The van der Waals surface area contributed by atoms with Crippen LogP contribution >= 0.6 is 0 Å². The van der Waals surface area contributed by atoms with Crippen molar-refractivity contribution in [1.29, 1.82) is 0 Å². The van der Waals surface area contributed by atoms with E-state index in [-0.39, 0.29) is 18.2 Å². The molecule has 116 valence electrons. The molecule has 0 saturated carbocycles. The van der Waals surface area contributed by atoms with Gasteiger partial charge in [0.1, 0.15) is 0 Å². The maximum atomic E-state index is 12.4. The molecule has 1 rings (SSSR count). The number of nitrogens with one attached hydrogen (secondary N) is 1. The summed E-state index contributed by atoms with van der Waals surface area (Å²) in [6.45, 7) is 11.5. The maximum Gasteiger partial charge on any atom is 0.318 e. The van der Waals surface area contributed by atoms with Gasteiger partial charge in [0.05, 0.1) is 29.7 Å². The first-order chi connectivity index (χ1) is 8.99. The Bertz CT molecular complexity index is 393. The monoisotopic (exact) mass is 286 g/mol. The Morgan fingerprint density at radius 3 is 2.30 bits per heavy atom. The van der Waals surface area contributed by atoms with Gasteiger partial charge < -0.3 is 20.1 Å². The van der Waals surface area contributed by atoms with Crippen LogP contribution in [0.1, 0.15) is 41.5 Å². The van der Waals surface area contributed by atoms with E-state index in [9.17, 15) is 14.7 Å². The molecule has 0 spiro atoms. The summed E-state index contributed by atoms with van der Waals surface area (Å²) in [4.78, 5) is 25.5. The molecule has 0 bridgehead atoms. The summed E-state index contributed by atoms with van der Waals surface area (Å²) in [6, 6.07) is -0.262. The number of ether oxygens (including phenoxy) is 1. The van der Waals surface area contributed by atoms with Crippen LogP contribution < -0.4 is 5.32 Å². The SMILES string of the molecule is CC1CN(C(=O)NC(C)(C)C(C)(C)C(=O)O)C(C)CO1. The number of nitrogens with zero attached hydrogens (tertiary/aromatic N) is 1. The minimum Gasteiger partial charge on any atom is -0.481 e. The maximum absolute atomic E-state index is 12.4. The minimum absolute atomic E-state index is 0.00690. The Labute approximate surface area is 120 Å². The van der Waals surface area contributed by atoms with Gasteiger partial charge in [0.15, 0.2) is 0 Å². The quantitative estimate of drug-likeness (QED) is 0.827. The summed E-state index contributed by atoms with van der Waals surface area (Å²) in [5.74, 6) is -0.939. The predicted octanol–water partition coefficient (Wildman–Crippen LogP) is 1.69. The van der Waals surface area contributed by atoms with Crippen molar-refractivity contribution in [3.63, 3.8) is 0 Å². The number of urea groups is 1. The van der Waals surface area contributed by atoms with Crippen molar-refractivity contribution in [3.8, 4) is 0 Å². The topological polar surface area (TPSA) is 78.9 Å². The third-order valence-electron chi connectivity index (χ3n) is 4.39. The van der Waals surface area contributed by atoms with Gasteiger partial charge in [-0.1, -0.05) is 0 Å². The lowest BCUT2D eigenvalue weighted by Gasteiger charge is -2.43. The van der Waals surface area contributed by atoms with Gasteiger partial charge in [-0.05, 0) is 41.5 Å². The molecule has 0 aromatic heterocycles. The Morgan fingerprint density at radius 1 is 1.25 bits per heavy atom. The molecule has 2 amide bonds. The second-order valence-electron chi connectivity index (χ2n) is 6.63. The number of rotatable bonds is 3. The first-order valence-electron chi connectivity index (χ1n) is 6.93. The second kappa shape index (κ2) is 5.60. The van der Waals surface area contributed by atoms with Gasteiger partial charge in [-0.25, -0.2) is 4.79 Å². The molecule has 0 aliphatic carbocycles.